The second kappa shape index (κ2) is 5.24. The van der Waals surface area contributed by atoms with Gasteiger partial charge in [0, 0.05) is 17.6 Å². The lowest BCUT2D eigenvalue weighted by atomic mass is 10.2. The first-order valence-corrected chi connectivity index (χ1v) is 6.37. The van der Waals surface area contributed by atoms with Crippen LogP contribution in [-0.4, -0.2) is 15.9 Å². The van der Waals surface area contributed by atoms with Gasteiger partial charge in [0.2, 0.25) is 0 Å². The fraction of sp³-hybridized carbons (Fsp3) is 0.250. The zero-order chi connectivity index (χ0) is 13.1. The fourth-order valence-electron chi connectivity index (χ4n) is 1.59. The van der Waals surface area contributed by atoms with Crippen LogP contribution < -0.4 is 11.1 Å². The monoisotopic (exact) mass is 262 g/mol. The maximum absolute atomic E-state index is 11.9. The first-order valence-electron chi connectivity index (χ1n) is 5.49. The topological polar surface area (TPSA) is 80.9 Å². The summed E-state index contributed by atoms with van der Waals surface area (Å²) in [6, 6.07) is 3.77. The van der Waals surface area contributed by atoms with E-state index in [0.29, 0.717) is 18.1 Å². The number of nitrogens with zero attached hydrogens (tertiary/aromatic N) is 2. The molecule has 0 atom stereocenters. The number of anilines is 1. The van der Waals surface area contributed by atoms with Crippen molar-refractivity contribution in [1.29, 1.82) is 0 Å². The Morgan fingerprint density at radius 2 is 2.17 bits per heavy atom. The molecule has 0 fully saturated rings. The molecule has 0 aliphatic rings. The van der Waals surface area contributed by atoms with Crippen LogP contribution in [0.15, 0.2) is 17.5 Å². The van der Waals surface area contributed by atoms with E-state index >= 15 is 0 Å². The SMILES string of the molecule is Cc1cc(C)nc(NC(=O)c2csc(CN)n2)c1. The summed E-state index contributed by atoms with van der Waals surface area (Å²) in [7, 11) is 0. The zero-order valence-electron chi connectivity index (χ0n) is 10.2. The van der Waals surface area contributed by atoms with E-state index in [1.807, 2.05) is 26.0 Å². The molecule has 0 aromatic carbocycles. The van der Waals surface area contributed by atoms with Crippen molar-refractivity contribution in [2.75, 3.05) is 5.32 Å². The first-order chi connectivity index (χ1) is 8.58. The normalized spacial score (nSPS) is 10.4. The molecule has 0 saturated carbocycles. The van der Waals surface area contributed by atoms with Crippen molar-refractivity contribution in [2.45, 2.75) is 20.4 Å². The van der Waals surface area contributed by atoms with Crippen molar-refractivity contribution >= 4 is 23.1 Å². The Balaban J connectivity index is 2.15. The maximum Gasteiger partial charge on any atom is 0.276 e. The lowest BCUT2D eigenvalue weighted by molar-refractivity contribution is 0.102. The molecule has 2 heterocycles. The minimum absolute atomic E-state index is 0.261. The minimum atomic E-state index is -0.261. The summed E-state index contributed by atoms with van der Waals surface area (Å²) >= 11 is 1.38. The van der Waals surface area contributed by atoms with Crippen molar-refractivity contribution in [3.8, 4) is 0 Å². The number of aryl methyl sites for hydroxylation is 2. The standard InChI is InChI=1S/C12H14N4OS/c1-7-3-8(2)14-10(4-7)16-12(17)9-6-18-11(5-13)15-9/h3-4,6H,5,13H2,1-2H3,(H,14,16,17). The molecule has 0 aliphatic heterocycles. The van der Waals surface area contributed by atoms with Crippen LogP contribution in [0.1, 0.15) is 26.8 Å². The van der Waals surface area contributed by atoms with Crippen LogP contribution >= 0.6 is 11.3 Å². The van der Waals surface area contributed by atoms with Crippen molar-refractivity contribution in [1.82, 2.24) is 9.97 Å². The molecule has 2 aromatic rings. The molecule has 94 valence electrons. The van der Waals surface area contributed by atoms with E-state index in [4.69, 9.17) is 5.73 Å². The number of amides is 1. The molecule has 6 heteroatoms. The van der Waals surface area contributed by atoms with Crippen molar-refractivity contribution in [2.24, 2.45) is 5.73 Å². The molecule has 1 amide bonds. The molecule has 0 radical (unpaired) electrons. The van der Waals surface area contributed by atoms with Crippen LogP contribution in [-0.2, 0) is 6.54 Å². The molecule has 18 heavy (non-hydrogen) atoms. The van der Waals surface area contributed by atoms with Crippen molar-refractivity contribution in [3.05, 3.63) is 39.5 Å². The number of nitrogens with two attached hydrogens (primary N) is 1. The second-order valence-corrected chi connectivity index (χ2v) is 4.90. The molecular formula is C12H14N4OS. The highest BCUT2D eigenvalue weighted by atomic mass is 32.1. The number of hydrogen-bond acceptors (Lipinski definition) is 5. The van der Waals surface area contributed by atoms with E-state index in [2.05, 4.69) is 15.3 Å². The Kier molecular flexibility index (Phi) is 3.69. The van der Waals surface area contributed by atoms with E-state index in [9.17, 15) is 4.79 Å². The van der Waals surface area contributed by atoms with Crippen LogP contribution in [0.4, 0.5) is 5.82 Å². The largest absolute Gasteiger partial charge is 0.325 e. The maximum atomic E-state index is 11.9. The number of carbonyl (C=O) groups is 1. The summed E-state index contributed by atoms with van der Waals surface area (Å²) in [6.07, 6.45) is 0. The van der Waals surface area contributed by atoms with E-state index in [1.54, 1.807) is 5.38 Å². The summed E-state index contributed by atoms with van der Waals surface area (Å²) in [5, 5.41) is 5.17. The molecule has 0 unspecified atom stereocenters. The fourth-order valence-corrected chi connectivity index (χ4v) is 2.25. The Morgan fingerprint density at radius 3 is 2.78 bits per heavy atom. The molecule has 0 bridgehead atoms. The smallest absolute Gasteiger partial charge is 0.276 e. The van der Waals surface area contributed by atoms with Gasteiger partial charge in [-0.15, -0.1) is 11.3 Å². The molecule has 2 rings (SSSR count). The highest BCUT2D eigenvalue weighted by molar-refractivity contribution is 7.09. The van der Waals surface area contributed by atoms with Gasteiger partial charge >= 0.3 is 0 Å². The molecular weight excluding hydrogens is 248 g/mol. The average molecular weight is 262 g/mol. The summed E-state index contributed by atoms with van der Waals surface area (Å²) in [6.45, 7) is 4.19. The lowest BCUT2D eigenvalue weighted by Gasteiger charge is -2.04. The van der Waals surface area contributed by atoms with Crippen LogP contribution in [0.25, 0.3) is 0 Å². The summed E-state index contributed by atoms with van der Waals surface area (Å²) < 4.78 is 0. The summed E-state index contributed by atoms with van der Waals surface area (Å²) in [5.74, 6) is 0.281. The van der Waals surface area contributed by atoms with Gasteiger partial charge in [0.15, 0.2) is 0 Å². The van der Waals surface area contributed by atoms with Gasteiger partial charge in [-0.05, 0) is 31.5 Å². The number of thiazole rings is 1. The van der Waals surface area contributed by atoms with Crippen LogP contribution in [0, 0.1) is 13.8 Å². The van der Waals surface area contributed by atoms with Crippen LogP contribution in [0.5, 0.6) is 0 Å². The number of nitrogens with one attached hydrogen (secondary N) is 1. The number of pyridine rings is 1. The van der Waals surface area contributed by atoms with Crippen molar-refractivity contribution < 1.29 is 4.79 Å². The van der Waals surface area contributed by atoms with Crippen LogP contribution in [0.2, 0.25) is 0 Å². The van der Waals surface area contributed by atoms with E-state index in [1.165, 1.54) is 11.3 Å². The minimum Gasteiger partial charge on any atom is -0.325 e. The third-order valence-electron chi connectivity index (χ3n) is 2.30. The number of rotatable bonds is 3. The Bertz CT molecular complexity index is 559. The van der Waals surface area contributed by atoms with E-state index < -0.39 is 0 Å². The third kappa shape index (κ3) is 2.91. The second-order valence-electron chi connectivity index (χ2n) is 3.96. The van der Waals surface area contributed by atoms with Crippen molar-refractivity contribution in [3.63, 3.8) is 0 Å². The van der Waals surface area contributed by atoms with E-state index in [-0.39, 0.29) is 5.91 Å². The molecule has 3 N–H and O–H groups in total. The highest BCUT2D eigenvalue weighted by Gasteiger charge is 2.11. The molecule has 2 aromatic heterocycles. The predicted octanol–water partition coefficient (Wildman–Crippen LogP) is 1.87. The molecule has 5 nitrogen and oxygen atoms in total. The number of aromatic nitrogens is 2. The Morgan fingerprint density at radius 1 is 1.39 bits per heavy atom. The molecule has 0 aliphatic carbocycles. The summed E-state index contributed by atoms with van der Waals surface area (Å²) in [5.41, 5.74) is 7.76. The Hall–Kier alpha value is -1.79. The van der Waals surface area contributed by atoms with Gasteiger partial charge in [-0.3, -0.25) is 4.79 Å². The first kappa shape index (κ1) is 12.7. The zero-order valence-corrected chi connectivity index (χ0v) is 11.0. The molecule has 0 saturated heterocycles. The Labute approximate surface area is 109 Å². The van der Waals surface area contributed by atoms with E-state index in [0.717, 1.165) is 16.3 Å². The molecule has 0 spiro atoms. The quantitative estimate of drug-likeness (QED) is 0.884. The van der Waals surface area contributed by atoms with Gasteiger partial charge in [0.1, 0.15) is 16.5 Å². The van der Waals surface area contributed by atoms with Gasteiger partial charge in [-0.1, -0.05) is 0 Å². The van der Waals surface area contributed by atoms with Gasteiger partial charge in [-0.2, -0.15) is 0 Å². The number of carbonyl (C=O) groups excluding carboxylic acids is 1. The van der Waals surface area contributed by atoms with Crippen LogP contribution in [0.3, 0.4) is 0 Å². The summed E-state index contributed by atoms with van der Waals surface area (Å²) in [4.78, 5) is 20.3. The highest BCUT2D eigenvalue weighted by Crippen LogP contribution is 2.13. The third-order valence-corrected chi connectivity index (χ3v) is 3.17. The predicted molar refractivity (Wildman–Crippen MR) is 71.7 cm³/mol. The van der Waals surface area contributed by atoms with Gasteiger partial charge in [0.25, 0.3) is 5.91 Å². The lowest BCUT2D eigenvalue weighted by Crippen LogP contribution is -2.14. The van der Waals surface area contributed by atoms with Gasteiger partial charge < -0.3 is 11.1 Å². The van der Waals surface area contributed by atoms with Gasteiger partial charge in [-0.25, -0.2) is 9.97 Å². The van der Waals surface area contributed by atoms with Gasteiger partial charge in [0.05, 0.1) is 0 Å². The average Bonchev–Trinajstić information content (AvgIpc) is 2.75. The number of hydrogen-bond donors (Lipinski definition) is 2.